The van der Waals surface area contributed by atoms with Gasteiger partial charge < -0.3 is 15.0 Å². The fourth-order valence-electron chi connectivity index (χ4n) is 2.82. The first-order valence-corrected chi connectivity index (χ1v) is 7.31. The van der Waals surface area contributed by atoms with Crippen LogP contribution in [-0.4, -0.2) is 21.6 Å². The first-order valence-electron chi connectivity index (χ1n) is 7.31. The van der Waals surface area contributed by atoms with Crippen LogP contribution in [0, 0.1) is 18.6 Å². The second-order valence-corrected chi connectivity index (χ2v) is 5.85. The smallest absolute Gasteiger partial charge is 0.341 e. The van der Waals surface area contributed by atoms with Gasteiger partial charge in [0.15, 0.2) is 11.6 Å². The first kappa shape index (κ1) is 16.1. The van der Waals surface area contributed by atoms with Crippen molar-refractivity contribution in [1.82, 2.24) is 4.57 Å². The second kappa shape index (κ2) is 5.40. The predicted octanol–water partition coefficient (Wildman–Crippen LogP) is 2.58. The molecular formula is C16H14F2N2O4. The summed E-state index contributed by atoms with van der Waals surface area (Å²) in [6.45, 7) is 2.40. The lowest BCUT2D eigenvalue weighted by Crippen LogP contribution is -2.22. The molecule has 0 saturated heterocycles. The van der Waals surface area contributed by atoms with Crippen LogP contribution in [0.2, 0.25) is 0 Å². The van der Waals surface area contributed by atoms with Crippen LogP contribution in [0.4, 0.5) is 14.5 Å². The number of carbonyl (C=O) groups is 2. The molecule has 1 aliphatic carbocycles. The van der Waals surface area contributed by atoms with Crippen LogP contribution in [0.1, 0.15) is 41.7 Å². The fraction of sp³-hybridized carbons (Fsp3) is 0.312. The van der Waals surface area contributed by atoms with Gasteiger partial charge in [-0.05, 0) is 19.8 Å². The number of halogens is 2. The zero-order valence-corrected chi connectivity index (χ0v) is 12.9. The highest BCUT2D eigenvalue weighted by Crippen LogP contribution is 2.40. The standard InChI is InChI=1S/C16H14F2N2O4/c1-6-11(17)12(18)13(19-7(2)21)10-14(6)20(8-3-4-8)5-9(15(10)22)16(23)24/h5,8H,3-4H2,1-2H3,(H,19,21)(H,23,24). The van der Waals surface area contributed by atoms with Gasteiger partial charge in [0.2, 0.25) is 11.3 Å². The van der Waals surface area contributed by atoms with Crippen LogP contribution in [0.25, 0.3) is 10.9 Å². The number of hydrogen-bond acceptors (Lipinski definition) is 3. The van der Waals surface area contributed by atoms with E-state index in [0.717, 1.165) is 26.0 Å². The number of rotatable bonds is 3. The molecule has 2 N–H and O–H groups in total. The Labute approximate surface area is 134 Å². The third-order valence-electron chi connectivity index (χ3n) is 4.05. The number of fused-ring (bicyclic) bond motifs is 1. The molecule has 0 spiro atoms. The molecule has 1 aromatic carbocycles. The number of aromatic carboxylic acids is 1. The summed E-state index contributed by atoms with van der Waals surface area (Å²) in [5.74, 6) is -4.72. The summed E-state index contributed by atoms with van der Waals surface area (Å²) in [4.78, 5) is 35.3. The van der Waals surface area contributed by atoms with Crippen molar-refractivity contribution in [2.24, 2.45) is 0 Å². The topological polar surface area (TPSA) is 88.4 Å². The largest absolute Gasteiger partial charge is 0.477 e. The van der Waals surface area contributed by atoms with E-state index >= 15 is 0 Å². The molecule has 24 heavy (non-hydrogen) atoms. The summed E-state index contributed by atoms with van der Waals surface area (Å²) in [5.41, 5.74) is -2.12. The summed E-state index contributed by atoms with van der Waals surface area (Å²) in [5, 5.41) is 11.0. The second-order valence-electron chi connectivity index (χ2n) is 5.85. The Kier molecular flexibility index (Phi) is 3.62. The van der Waals surface area contributed by atoms with Gasteiger partial charge in [-0.15, -0.1) is 0 Å². The fourth-order valence-corrected chi connectivity index (χ4v) is 2.82. The van der Waals surface area contributed by atoms with Gasteiger partial charge in [-0.3, -0.25) is 9.59 Å². The Balaban J connectivity index is 2.56. The minimum atomic E-state index is -1.47. The van der Waals surface area contributed by atoms with Crippen LogP contribution in [0.5, 0.6) is 0 Å². The van der Waals surface area contributed by atoms with Crippen molar-refractivity contribution < 1.29 is 23.5 Å². The summed E-state index contributed by atoms with van der Waals surface area (Å²) in [6.07, 6.45) is 2.64. The molecule has 0 unspecified atom stereocenters. The van der Waals surface area contributed by atoms with Gasteiger partial charge in [0.1, 0.15) is 5.56 Å². The van der Waals surface area contributed by atoms with Gasteiger partial charge >= 0.3 is 5.97 Å². The molecule has 1 aromatic heterocycles. The molecule has 2 aromatic rings. The molecule has 0 bridgehead atoms. The number of carboxylic acid groups (broad SMARTS) is 1. The molecule has 1 heterocycles. The minimum absolute atomic E-state index is 0.0834. The van der Waals surface area contributed by atoms with Crippen molar-refractivity contribution in [1.29, 1.82) is 0 Å². The SMILES string of the molecule is CC(=O)Nc1c(F)c(F)c(C)c2c1c(=O)c(C(=O)O)cn2C1CC1. The number of anilines is 1. The molecule has 1 fully saturated rings. The highest BCUT2D eigenvalue weighted by Gasteiger charge is 2.31. The van der Waals surface area contributed by atoms with Gasteiger partial charge in [-0.25, -0.2) is 13.6 Å². The highest BCUT2D eigenvalue weighted by molar-refractivity contribution is 6.04. The Morgan fingerprint density at radius 3 is 2.42 bits per heavy atom. The van der Waals surface area contributed by atoms with E-state index in [2.05, 4.69) is 5.32 Å². The number of aromatic nitrogens is 1. The van der Waals surface area contributed by atoms with Crippen molar-refractivity contribution in [2.75, 3.05) is 5.32 Å². The van der Waals surface area contributed by atoms with E-state index in [1.165, 1.54) is 11.5 Å². The molecule has 3 rings (SSSR count). The number of amides is 1. The maximum absolute atomic E-state index is 14.3. The molecule has 0 radical (unpaired) electrons. The maximum Gasteiger partial charge on any atom is 0.341 e. The van der Waals surface area contributed by atoms with Crippen LogP contribution in [0.3, 0.4) is 0 Å². The van der Waals surface area contributed by atoms with Crippen LogP contribution in [-0.2, 0) is 4.79 Å². The molecule has 1 amide bonds. The van der Waals surface area contributed by atoms with E-state index in [1.54, 1.807) is 0 Å². The van der Waals surface area contributed by atoms with Crippen molar-refractivity contribution in [3.63, 3.8) is 0 Å². The molecule has 8 heteroatoms. The number of nitrogens with zero attached hydrogens (tertiary/aromatic N) is 1. The van der Waals surface area contributed by atoms with Crippen LogP contribution in [0.15, 0.2) is 11.0 Å². The van der Waals surface area contributed by atoms with Crippen molar-refractivity contribution in [3.05, 3.63) is 39.2 Å². The lowest BCUT2D eigenvalue weighted by molar-refractivity contribution is -0.114. The van der Waals surface area contributed by atoms with Gasteiger partial charge in [-0.1, -0.05) is 0 Å². The summed E-state index contributed by atoms with van der Waals surface area (Å²) < 4.78 is 30.1. The monoisotopic (exact) mass is 336 g/mol. The average Bonchev–Trinajstić information content (AvgIpc) is 3.33. The lowest BCUT2D eigenvalue weighted by atomic mass is 10.0. The number of nitrogens with one attached hydrogen (secondary N) is 1. The van der Waals surface area contributed by atoms with Gasteiger partial charge in [0.05, 0.1) is 16.6 Å². The Morgan fingerprint density at radius 2 is 1.92 bits per heavy atom. The van der Waals surface area contributed by atoms with Gasteiger partial charge in [0.25, 0.3) is 0 Å². The lowest BCUT2D eigenvalue weighted by Gasteiger charge is -2.18. The minimum Gasteiger partial charge on any atom is -0.477 e. The zero-order chi connectivity index (χ0) is 17.8. The van der Waals surface area contributed by atoms with Crippen LogP contribution < -0.4 is 10.7 Å². The van der Waals surface area contributed by atoms with Crippen molar-refractivity contribution >= 4 is 28.5 Å². The predicted molar refractivity (Wildman–Crippen MR) is 82.4 cm³/mol. The third-order valence-corrected chi connectivity index (χ3v) is 4.05. The van der Waals surface area contributed by atoms with E-state index in [-0.39, 0.29) is 22.5 Å². The molecule has 0 aliphatic heterocycles. The third kappa shape index (κ3) is 2.34. The van der Waals surface area contributed by atoms with Gasteiger partial charge in [0, 0.05) is 24.7 Å². The van der Waals surface area contributed by atoms with E-state index < -0.39 is 40.2 Å². The number of pyridine rings is 1. The number of carbonyl (C=O) groups excluding carboxylic acids is 1. The molecule has 0 atom stereocenters. The normalized spacial score (nSPS) is 14.0. The van der Waals surface area contributed by atoms with Crippen molar-refractivity contribution in [2.45, 2.75) is 32.7 Å². The highest BCUT2D eigenvalue weighted by atomic mass is 19.2. The zero-order valence-electron chi connectivity index (χ0n) is 12.9. The quantitative estimate of drug-likeness (QED) is 0.902. The Morgan fingerprint density at radius 1 is 1.29 bits per heavy atom. The summed E-state index contributed by atoms with van der Waals surface area (Å²) >= 11 is 0. The first-order chi connectivity index (χ1) is 11.2. The Hall–Kier alpha value is -2.77. The number of benzene rings is 1. The number of hydrogen-bond donors (Lipinski definition) is 2. The van der Waals surface area contributed by atoms with E-state index in [4.69, 9.17) is 0 Å². The molecule has 1 aliphatic rings. The average molecular weight is 336 g/mol. The van der Waals surface area contributed by atoms with E-state index in [0.29, 0.717) is 0 Å². The van der Waals surface area contributed by atoms with E-state index in [1.807, 2.05) is 0 Å². The maximum atomic E-state index is 14.3. The molecule has 6 nitrogen and oxygen atoms in total. The van der Waals surface area contributed by atoms with E-state index in [9.17, 15) is 28.3 Å². The molecule has 126 valence electrons. The number of carboxylic acids is 1. The molecule has 1 saturated carbocycles. The summed E-state index contributed by atoms with van der Waals surface area (Å²) in [6, 6.07) is -0.0834. The van der Waals surface area contributed by atoms with Gasteiger partial charge in [-0.2, -0.15) is 0 Å². The van der Waals surface area contributed by atoms with Crippen LogP contribution >= 0.6 is 0 Å². The molecular weight excluding hydrogens is 322 g/mol. The van der Waals surface area contributed by atoms with Crippen molar-refractivity contribution in [3.8, 4) is 0 Å². The number of aryl methyl sites for hydroxylation is 1. The Bertz CT molecular complexity index is 961. The summed E-state index contributed by atoms with van der Waals surface area (Å²) in [7, 11) is 0.